The average molecular weight is 485 g/mol. The molecule has 12 heteroatoms. The fourth-order valence-electron chi connectivity index (χ4n) is 2.33. The minimum Gasteiger partial charge on any atom is -0.345 e. The summed E-state index contributed by atoms with van der Waals surface area (Å²) in [5, 5.41) is 17.1. The third kappa shape index (κ3) is 5.51. The summed E-state index contributed by atoms with van der Waals surface area (Å²) in [6.07, 6.45) is 0. The lowest BCUT2D eigenvalue weighted by atomic mass is 10.2. The molecule has 2 N–H and O–H groups in total. The summed E-state index contributed by atoms with van der Waals surface area (Å²) in [5.41, 5.74) is 1.25. The van der Waals surface area contributed by atoms with Crippen LogP contribution in [0.25, 0.3) is 0 Å². The molecule has 8 nitrogen and oxygen atoms in total. The van der Waals surface area contributed by atoms with E-state index >= 15 is 0 Å². The highest BCUT2D eigenvalue weighted by Crippen LogP contribution is 2.24. The first-order chi connectivity index (χ1) is 14.2. The molecule has 0 spiro atoms. The molecule has 0 unspecified atom stereocenters. The van der Waals surface area contributed by atoms with E-state index in [1.54, 1.807) is 30.7 Å². The number of carbonyl (C=O) groups excluding carboxylic acids is 2. The molecule has 0 radical (unpaired) electrons. The van der Waals surface area contributed by atoms with Crippen molar-refractivity contribution in [1.29, 1.82) is 0 Å². The van der Waals surface area contributed by atoms with Gasteiger partial charge >= 0.3 is 0 Å². The van der Waals surface area contributed by atoms with Gasteiger partial charge in [0.2, 0.25) is 5.91 Å². The van der Waals surface area contributed by atoms with E-state index in [2.05, 4.69) is 25.8 Å². The second-order valence-corrected chi connectivity index (χ2v) is 9.29. The number of nitrogens with one attached hydrogen (secondary N) is 2. The zero-order valence-electron chi connectivity index (χ0n) is 16.3. The summed E-state index contributed by atoms with van der Waals surface area (Å²) >= 11 is 14.5. The molecule has 0 aliphatic rings. The van der Waals surface area contributed by atoms with Gasteiger partial charge in [-0.25, -0.2) is 4.98 Å². The van der Waals surface area contributed by atoms with Crippen molar-refractivity contribution < 1.29 is 9.59 Å². The lowest BCUT2D eigenvalue weighted by Crippen LogP contribution is -2.25. The van der Waals surface area contributed by atoms with Crippen LogP contribution in [0.2, 0.25) is 10.0 Å². The molecule has 3 aromatic rings. The Balaban J connectivity index is 1.57. The van der Waals surface area contributed by atoms with Gasteiger partial charge in [-0.3, -0.25) is 9.59 Å². The van der Waals surface area contributed by atoms with Crippen LogP contribution in [0.5, 0.6) is 0 Å². The smallest absolute Gasteiger partial charge is 0.251 e. The number of aryl methyl sites for hydroxylation is 1. The molecular formula is C18H18Cl2N6O2S2. The molecule has 3 rings (SSSR count). The summed E-state index contributed by atoms with van der Waals surface area (Å²) in [6, 6.07) is 4.66. The predicted octanol–water partition coefficient (Wildman–Crippen LogP) is 3.94. The van der Waals surface area contributed by atoms with Crippen LogP contribution in [0.1, 0.15) is 28.8 Å². The number of amides is 2. The maximum atomic E-state index is 12.4. The predicted molar refractivity (Wildman–Crippen MR) is 119 cm³/mol. The largest absolute Gasteiger partial charge is 0.345 e. The molecule has 0 aliphatic heterocycles. The van der Waals surface area contributed by atoms with Crippen LogP contribution in [-0.2, 0) is 18.4 Å². The second-order valence-electron chi connectivity index (χ2n) is 6.31. The van der Waals surface area contributed by atoms with Gasteiger partial charge in [-0.2, -0.15) is 0 Å². The summed E-state index contributed by atoms with van der Waals surface area (Å²) in [4.78, 5) is 28.9. The number of hydrogen-bond acceptors (Lipinski definition) is 7. The third-order valence-corrected chi connectivity index (χ3v) is 6.76. The maximum Gasteiger partial charge on any atom is 0.251 e. The normalized spacial score (nSPS) is 11.9. The van der Waals surface area contributed by atoms with E-state index in [9.17, 15) is 9.59 Å². The number of hydrogen-bond donors (Lipinski definition) is 2. The average Bonchev–Trinajstić information content (AvgIpc) is 3.27. The Kier molecular flexibility index (Phi) is 7.35. The maximum absolute atomic E-state index is 12.4. The standard InChI is InChI=1S/C18H18Cl2N6O2S2/c1-9-8-29-17(22-9)23-15(27)10(2)30-18-25-24-14(26(18)3)7-21-16(28)11-4-5-12(19)13(20)6-11/h4-6,8,10H,7H2,1-3H3,(H,21,28)(H,22,23,27)/t10-/m0/s1. The van der Waals surface area contributed by atoms with E-state index in [4.69, 9.17) is 23.2 Å². The Labute approximate surface area is 191 Å². The Hall–Kier alpha value is -2.14. The van der Waals surface area contributed by atoms with Crippen LogP contribution >= 0.6 is 46.3 Å². The molecule has 158 valence electrons. The Bertz CT molecular complexity index is 1080. The van der Waals surface area contributed by atoms with E-state index in [1.165, 1.54) is 29.2 Å². The van der Waals surface area contributed by atoms with E-state index < -0.39 is 5.25 Å². The molecular weight excluding hydrogens is 467 g/mol. The number of carbonyl (C=O) groups is 2. The van der Waals surface area contributed by atoms with Gasteiger partial charge in [-0.15, -0.1) is 21.5 Å². The molecule has 0 saturated carbocycles. The number of thiazole rings is 1. The number of aromatic nitrogens is 4. The molecule has 1 atom stereocenters. The quantitative estimate of drug-likeness (QED) is 0.492. The highest BCUT2D eigenvalue weighted by atomic mass is 35.5. The molecule has 0 fully saturated rings. The number of thioether (sulfide) groups is 1. The summed E-state index contributed by atoms with van der Waals surface area (Å²) in [6.45, 7) is 3.81. The van der Waals surface area contributed by atoms with Gasteiger partial charge in [0.05, 0.1) is 27.5 Å². The molecule has 2 aromatic heterocycles. The number of nitrogens with zero attached hydrogens (tertiary/aromatic N) is 4. The second kappa shape index (κ2) is 9.78. The number of anilines is 1. The van der Waals surface area contributed by atoms with Gasteiger partial charge in [0, 0.05) is 18.0 Å². The van der Waals surface area contributed by atoms with Crippen LogP contribution in [-0.4, -0.2) is 36.8 Å². The third-order valence-electron chi connectivity index (χ3n) is 4.01. The first-order valence-electron chi connectivity index (χ1n) is 8.75. The van der Waals surface area contributed by atoms with Gasteiger partial charge in [-0.05, 0) is 32.0 Å². The van der Waals surface area contributed by atoms with Crippen molar-refractivity contribution in [3.05, 3.63) is 50.7 Å². The van der Waals surface area contributed by atoms with Gasteiger partial charge in [0.1, 0.15) is 0 Å². The van der Waals surface area contributed by atoms with E-state index in [1.807, 2.05) is 12.3 Å². The van der Waals surface area contributed by atoms with Crippen molar-refractivity contribution >= 4 is 63.2 Å². The van der Waals surface area contributed by atoms with Crippen LogP contribution in [0.3, 0.4) is 0 Å². The SMILES string of the molecule is Cc1csc(NC(=O)[C@H](C)Sc2nnc(CNC(=O)c3ccc(Cl)c(Cl)c3)n2C)n1. The van der Waals surface area contributed by atoms with Crippen LogP contribution < -0.4 is 10.6 Å². The van der Waals surface area contributed by atoms with Crippen molar-refractivity contribution in [2.24, 2.45) is 7.05 Å². The first kappa shape index (κ1) is 22.5. The topological polar surface area (TPSA) is 102 Å². The number of benzene rings is 1. The molecule has 0 aliphatic carbocycles. The number of halogens is 2. The molecule has 2 heterocycles. The zero-order chi connectivity index (χ0) is 21.8. The van der Waals surface area contributed by atoms with Crippen molar-refractivity contribution in [3.8, 4) is 0 Å². The summed E-state index contributed by atoms with van der Waals surface area (Å²) < 4.78 is 1.73. The van der Waals surface area contributed by atoms with Gasteiger partial charge in [-0.1, -0.05) is 35.0 Å². The highest BCUT2D eigenvalue weighted by Gasteiger charge is 2.20. The van der Waals surface area contributed by atoms with Crippen molar-refractivity contribution in [3.63, 3.8) is 0 Å². The van der Waals surface area contributed by atoms with Crippen molar-refractivity contribution in [2.75, 3.05) is 5.32 Å². The number of rotatable bonds is 7. The zero-order valence-corrected chi connectivity index (χ0v) is 19.4. The van der Waals surface area contributed by atoms with Gasteiger partial charge in [0.25, 0.3) is 5.91 Å². The Morgan fingerprint density at radius 2 is 2.03 bits per heavy atom. The highest BCUT2D eigenvalue weighted by molar-refractivity contribution is 8.00. The van der Waals surface area contributed by atoms with E-state index in [0.29, 0.717) is 31.7 Å². The fourth-order valence-corrected chi connectivity index (χ4v) is 4.15. The molecule has 0 saturated heterocycles. The van der Waals surface area contributed by atoms with E-state index in [-0.39, 0.29) is 18.4 Å². The molecule has 2 amide bonds. The van der Waals surface area contributed by atoms with Crippen molar-refractivity contribution in [2.45, 2.75) is 30.8 Å². The van der Waals surface area contributed by atoms with Crippen LogP contribution in [0.15, 0.2) is 28.7 Å². The van der Waals surface area contributed by atoms with Crippen molar-refractivity contribution in [1.82, 2.24) is 25.1 Å². The van der Waals surface area contributed by atoms with Gasteiger partial charge < -0.3 is 15.2 Å². The fraction of sp³-hybridized carbons (Fsp3) is 0.278. The summed E-state index contributed by atoms with van der Waals surface area (Å²) in [5.74, 6) is 0.0677. The monoisotopic (exact) mass is 484 g/mol. The van der Waals surface area contributed by atoms with Crippen LogP contribution in [0, 0.1) is 6.92 Å². The Morgan fingerprint density at radius 3 is 2.70 bits per heavy atom. The summed E-state index contributed by atoms with van der Waals surface area (Å²) in [7, 11) is 1.78. The first-order valence-corrected chi connectivity index (χ1v) is 11.3. The van der Waals surface area contributed by atoms with Gasteiger partial charge in [0.15, 0.2) is 16.1 Å². The molecule has 1 aromatic carbocycles. The Morgan fingerprint density at radius 1 is 1.27 bits per heavy atom. The lowest BCUT2D eigenvalue weighted by Gasteiger charge is -2.10. The minimum atomic E-state index is -0.407. The lowest BCUT2D eigenvalue weighted by molar-refractivity contribution is -0.115. The van der Waals surface area contributed by atoms with Crippen LogP contribution in [0.4, 0.5) is 5.13 Å². The molecule has 30 heavy (non-hydrogen) atoms. The minimum absolute atomic E-state index is 0.169. The van der Waals surface area contributed by atoms with E-state index in [0.717, 1.165) is 5.69 Å². The molecule has 0 bridgehead atoms.